The fourth-order valence-electron chi connectivity index (χ4n) is 6.19. The summed E-state index contributed by atoms with van der Waals surface area (Å²) in [5, 5.41) is 0.254. The van der Waals surface area contributed by atoms with Crippen LogP contribution < -0.4 is 0 Å². The highest BCUT2D eigenvalue weighted by atomic mass is 35.5. The summed E-state index contributed by atoms with van der Waals surface area (Å²) in [5.74, 6) is 1.07. The minimum absolute atomic E-state index is 0.144. The van der Waals surface area contributed by atoms with Crippen molar-refractivity contribution in [3.63, 3.8) is 0 Å². The molecular weight excluding hydrogens is 572 g/mol. The zero-order valence-electron chi connectivity index (χ0n) is 26.2. The van der Waals surface area contributed by atoms with E-state index >= 15 is 0 Å². The van der Waals surface area contributed by atoms with E-state index in [9.17, 15) is 0 Å². The van der Waals surface area contributed by atoms with Gasteiger partial charge in [0.1, 0.15) is 11.4 Å². The molecule has 0 amide bonds. The van der Waals surface area contributed by atoms with Gasteiger partial charge in [-0.15, -0.1) is 0 Å². The number of halogens is 1. The summed E-state index contributed by atoms with van der Waals surface area (Å²) in [6.07, 6.45) is 7.65. The largest absolute Gasteiger partial charge is 0.316 e. The van der Waals surface area contributed by atoms with Gasteiger partial charge in [0.25, 0.3) is 0 Å². The lowest BCUT2D eigenvalue weighted by Crippen LogP contribution is -2.38. The molecule has 0 radical (unpaired) electrons. The van der Waals surface area contributed by atoms with Gasteiger partial charge in [0, 0.05) is 24.4 Å². The maximum absolute atomic E-state index is 6.05. The smallest absolute Gasteiger partial charge is 0.222 e. The quantitative estimate of drug-likeness (QED) is 0.108. The molecule has 6 aromatic rings. The predicted octanol–water partition coefficient (Wildman–Crippen LogP) is 9.60. The molecule has 0 aliphatic heterocycles. The molecule has 0 unspecified atom stereocenters. The van der Waals surface area contributed by atoms with Crippen molar-refractivity contribution < 1.29 is 0 Å². The van der Waals surface area contributed by atoms with Crippen LogP contribution in [0, 0.1) is 5.41 Å². The molecule has 226 valence electrons. The van der Waals surface area contributed by atoms with Crippen LogP contribution in [0.3, 0.4) is 0 Å². The van der Waals surface area contributed by atoms with Crippen molar-refractivity contribution in [2.75, 3.05) is 0 Å². The molecule has 0 aliphatic rings. The Morgan fingerprint density at radius 3 is 1.73 bits per heavy atom. The molecule has 4 aromatic carbocycles. The van der Waals surface area contributed by atoms with E-state index in [0.29, 0.717) is 0 Å². The summed E-state index contributed by atoms with van der Waals surface area (Å²) in [6, 6.07) is 43.0. The summed E-state index contributed by atoms with van der Waals surface area (Å²) >= 11 is 6.05. The van der Waals surface area contributed by atoms with E-state index in [0.717, 1.165) is 48.5 Å². The third-order valence-electron chi connectivity index (χ3n) is 8.89. The van der Waals surface area contributed by atoms with Gasteiger partial charge in [-0.05, 0) is 58.2 Å². The molecule has 0 fully saturated rings. The lowest BCUT2D eigenvalue weighted by molar-refractivity contribution is 0.345. The number of rotatable bonds is 11. The Bertz CT molecular complexity index is 1730. The first kappa shape index (κ1) is 30.5. The van der Waals surface area contributed by atoms with E-state index in [4.69, 9.17) is 16.6 Å². The lowest BCUT2D eigenvalue weighted by atomic mass is 9.76. The van der Waals surface area contributed by atoms with Gasteiger partial charge in [0.15, 0.2) is 0 Å². The molecule has 0 saturated heterocycles. The first-order valence-corrected chi connectivity index (χ1v) is 16.1. The van der Waals surface area contributed by atoms with Crippen molar-refractivity contribution in [2.24, 2.45) is 5.41 Å². The molecule has 5 heteroatoms. The van der Waals surface area contributed by atoms with E-state index in [1.165, 1.54) is 22.3 Å². The first-order valence-electron chi connectivity index (χ1n) is 15.7. The predicted molar refractivity (Wildman–Crippen MR) is 184 cm³/mol. The van der Waals surface area contributed by atoms with E-state index in [-0.39, 0.29) is 10.7 Å². The maximum atomic E-state index is 6.05. The second-order valence-electron chi connectivity index (χ2n) is 12.4. The number of hydrogen-bond acceptors (Lipinski definition) is 3. The monoisotopic (exact) mass is 610 g/mol. The minimum Gasteiger partial charge on any atom is -0.316 e. The highest BCUT2D eigenvalue weighted by Crippen LogP contribution is 2.42. The molecule has 0 saturated carbocycles. The molecule has 45 heavy (non-hydrogen) atoms. The zero-order chi connectivity index (χ0) is 31.3. The molecule has 6 rings (SSSR count). The SMILES string of the molecule is CCC(C)(C)Cc1cn(C(c2ccccc2)(c2ccccc2)c2ccccc2)c(CCc2ccc(-c3ccnc(Cl)n3)cc2)n1. The molecule has 2 heterocycles. The number of benzene rings is 4. The fourth-order valence-corrected chi connectivity index (χ4v) is 6.34. The molecule has 0 N–H and O–H groups in total. The molecule has 2 aromatic heterocycles. The van der Waals surface area contributed by atoms with Crippen molar-refractivity contribution in [2.45, 2.75) is 52.0 Å². The second-order valence-corrected chi connectivity index (χ2v) is 12.8. The average Bonchev–Trinajstić information content (AvgIpc) is 3.47. The van der Waals surface area contributed by atoms with Gasteiger partial charge in [0.2, 0.25) is 5.28 Å². The van der Waals surface area contributed by atoms with Gasteiger partial charge in [-0.25, -0.2) is 15.0 Å². The van der Waals surface area contributed by atoms with Crippen LogP contribution in [0.1, 0.15) is 61.0 Å². The Hall–Kier alpha value is -4.54. The van der Waals surface area contributed by atoms with Crippen LogP contribution >= 0.6 is 11.6 Å². The van der Waals surface area contributed by atoms with Gasteiger partial charge in [-0.1, -0.05) is 142 Å². The third kappa shape index (κ3) is 6.48. The molecule has 0 spiro atoms. The van der Waals surface area contributed by atoms with Gasteiger partial charge in [0.05, 0.1) is 11.4 Å². The zero-order valence-corrected chi connectivity index (χ0v) is 27.0. The van der Waals surface area contributed by atoms with E-state index in [2.05, 4.69) is 157 Å². The summed E-state index contributed by atoms with van der Waals surface area (Å²) in [6.45, 7) is 6.92. The maximum Gasteiger partial charge on any atom is 0.222 e. The minimum atomic E-state index is -0.600. The number of hydrogen-bond donors (Lipinski definition) is 0. The van der Waals surface area contributed by atoms with Crippen molar-refractivity contribution >= 4 is 11.6 Å². The van der Waals surface area contributed by atoms with Crippen LogP contribution in [0.25, 0.3) is 11.3 Å². The summed E-state index contributed by atoms with van der Waals surface area (Å²) in [7, 11) is 0. The van der Waals surface area contributed by atoms with Crippen LogP contribution in [0.4, 0.5) is 0 Å². The Morgan fingerprint density at radius 1 is 0.667 bits per heavy atom. The van der Waals surface area contributed by atoms with Gasteiger partial charge in [-0.2, -0.15) is 0 Å². The van der Waals surface area contributed by atoms with Crippen LogP contribution in [0.2, 0.25) is 5.28 Å². The Kier molecular flexibility index (Phi) is 8.95. The van der Waals surface area contributed by atoms with Gasteiger partial charge >= 0.3 is 0 Å². The van der Waals surface area contributed by atoms with Crippen LogP contribution in [-0.4, -0.2) is 19.5 Å². The molecular formula is C40H39ClN4. The summed E-state index contributed by atoms with van der Waals surface area (Å²) < 4.78 is 2.46. The number of imidazole rings is 1. The number of nitrogens with zero attached hydrogens (tertiary/aromatic N) is 4. The van der Waals surface area contributed by atoms with Crippen molar-refractivity contribution in [3.8, 4) is 11.3 Å². The van der Waals surface area contributed by atoms with Crippen molar-refractivity contribution in [1.82, 2.24) is 19.5 Å². The molecule has 0 atom stereocenters. The molecule has 0 bridgehead atoms. The highest BCUT2D eigenvalue weighted by Gasteiger charge is 2.40. The normalized spacial score (nSPS) is 11.9. The Balaban J connectivity index is 1.48. The van der Waals surface area contributed by atoms with Crippen molar-refractivity contribution in [3.05, 3.63) is 173 Å². The fraction of sp³-hybridized carbons (Fsp3) is 0.225. The Labute approximate surface area is 271 Å². The van der Waals surface area contributed by atoms with Crippen LogP contribution in [0.5, 0.6) is 0 Å². The number of aryl methyl sites for hydroxylation is 2. The van der Waals surface area contributed by atoms with Gasteiger partial charge < -0.3 is 4.57 Å². The number of aromatic nitrogens is 4. The summed E-state index contributed by atoms with van der Waals surface area (Å²) in [5.41, 5.74) is 7.36. The lowest BCUT2D eigenvalue weighted by Gasteiger charge is -2.38. The first-order chi connectivity index (χ1) is 21.9. The molecule has 0 aliphatic carbocycles. The van der Waals surface area contributed by atoms with E-state index in [1.807, 2.05) is 6.07 Å². The topological polar surface area (TPSA) is 43.6 Å². The molecule has 4 nitrogen and oxygen atoms in total. The standard InChI is InChI=1S/C40H39ClN4/c1-4-39(2,3)28-35-29-45(37(43-35)25-22-30-20-23-31(24-21-30)36-26-27-42-38(41)44-36)40(32-14-8-5-9-15-32,33-16-10-6-11-17-33)34-18-12-7-13-19-34/h5-21,23-24,26-27,29H,4,22,25,28H2,1-3H3. The average molecular weight is 611 g/mol. The van der Waals surface area contributed by atoms with Crippen molar-refractivity contribution in [1.29, 1.82) is 0 Å². The highest BCUT2D eigenvalue weighted by molar-refractivity contribution is 6.28. The Morgan fingerprint density at radius 2 is 1.22 bits per heavy atom. The second kappa shape index (κ2) is 13.2. The van der Waals surface area contributed by atoms with E-state index in [1.54, 1.807) is 6.20 Å². The van der Waals surface area contributed by atoms with Crippen LogP contribution in [-0.2, 0) is 24.8 Å². The van der Waals surface area contributed by atoms with Gasteiger partial charge in [-0.3, -0.25) is 0 Å². The van der Waals surface area contributed by atoms with E-state index < -0.39 is 5.54 Å². The third-order valence-corrected chi connectivity index (χ3v) is 9.08. The summed E-state index contributed by atoms with van der Waals surface area (Å²) in [4.78, 5) is 13.8. The van der Waals surface area contributed by atoms with Crippen LogP contribution in [0.15, 0.2) is 134 Å².